The van der Waals surface area contributed by atoms with E-state index in [-0.39, 0.29) is 5.56 Å². The maximum Gasteiger partial charge on any atom is 0.339 e. The highest BCUT2D eigenvalue weighted by molar-refractivity contribution is 5.93. The van der Waals surface area contributed by atoms with Crippen LogP contribution in [0, 0.1) is 0 Å². The Morgan fingerprint density at radius 1 is 1.47 bits per heavy atom. The van der Waals surface area contributed by atoms with E-state index in [0.29, 0.717) is 31.3 Å². The molecule has 0 saturated carbocycles. The number of carbonyl (C=O) groups is 1. The Hall–Kier alpha value is -2.57. The van der Waals surface area contributed by atoms with Crippen molar-refractivity contribution < 1.29 is 19.2 Å². The molecule has 0 radical (unpaired) electrons. The van der Waals surface area contributed by atoms with Crippen molar-refractivity contribution in [3.05, 3.63) is 36.0 Å². The van der Waals surface area contributed by atoms with Crippen molar-refractivity contribution in [3.63, 3.8) is 0 Å². The number of carboxylic acids is 1. The van der Waals surface area contributed by atoms with Crippen LogP contribution in [0.25, 0.3) is 0 Å². The molecule has 2 aromatic rings. The summed E-state index contributed by atoms with van der Waals surface area (Å²) in [5, 5.41) is 12.9. The second kappa shape index (κ2) is 4.60. The molecule has 19 heavy (non-hydrogen) atoms. The van der Waals surface area contributed by atoms with Gasteiger partial charge in [-0.1, -0.05) is 11.2 Å². The highest BCUT2D eigenvalue weighted by atomic mass is 16.5. The molecule has 0 unspecified atom stereocenters. The minimum Gasteiger partial charge on any atom is -0.489 e. The molecule has 98 valence electrons. The third-order valence-corrected chi connectivity index (χ3v) is 2.91. The van der Waals surface area contributed by atoms with Crippen LogP contribution >= 0.6 is 0 Å². The summed E-state index contributed by atoms with van der Waals surface area (Å²) in [5.41, 5.74) is 0.895. The lowest BCUT2D eigenvalue weighted by Gasteiger charge is -2.30. The molecule has 1 aliphatic rings. The van der Waals surface area contributed by atoms with Crippen LogP contribution in [-0.2, 0) is 6.54 Å². The first-order valence-corrected chi connectivity index (χ1v) is 5.75. The van der Waals surface area contributed by atoms with Gasteiger partial charge in [-0.2, -0.15) is 4.98 Å². The van der Waals surface area contributed by atoms with Gasteiger partial charge in [0.1, 0.15) is 12.2 Å². The predicted octanol–water partition coefficient (Wildman–Crippen LogP) is 1.17. The average Bonchev–Trinajstić information content (AvgIpc) is 2.91. The quantitative estimate of drug-likeness (QED) is 0.886. The fourth-order valence-electron chi connectivity index (χ4n) is 2.07. The minimum atomic E-state index is -1.00. The second-order valence-electron chi connectivity index (χ2n) is 4.08. The van der Waals surface area contributed by atoms with E-state index in [4.69, 9.17) is 14.4 Å². The van der Waals surface area contributed by atoms with Gasteiger partial charge in [0.25, 0.3) is 0 Å². The number of ether oxygens (including phenoxy) is 1. The monoisotopic (exact) mass is 261 g/mol. The normalized spacial score (nSPS) is 13.8. The summed E-state index contributed by atoms with van der Waals surface area (Å²) in [6.07, 6.45) is 1.27. The van der Waals surface area contributed by atoms with E-state index < -0.39 is 5.97 Å². The van der Waals surface area contributed by atoms with Crippen molar-refractivity contribution in [1.29, 1.82) is 0 Å². The number of para-hydroxylation sites is 1. The predicted molar refractivity (Wildman–Crippen MR) is 64.2 cm³/mol. The van der Waals surface area contributed by atoms with Crippen LogP contribution in [0.5, 0.6) is 5.75 Å². The van der Waals surface area contributed by atoms with Gasteiger partial charge in [-0.3, -0.25) is 0 Å². The number of aromatic nitrogens is 2. The van der Waals surface area contributed by atoms with E-state index >= 15 is 0 Å². The number of rotatable bonds is 3. The van der Waals surface area contributed by atoms with Gasteiger partial charge in [0.15, 0.2) is 11.6 Å². The number of fused-ring (bicyclic) bond motifs is 1. The fraction of sp³-hybridized carbons (Fsp3) is 0.250. The average molecular weight is 261 g/mol. The Morgan fingerprint density at radius 2 is 2.37 bits per heavy atom. The fourth-order valence-corrected chi connectivity index (χ4v) is 2.07. The van der Waals surface area contributed by atoms with Gasteiger partial charge in [-0.05, 0) is 12.1 Å². The summed E-state index contributed by atoms with van der Waals surface area (Å²) in [6, 6.07) is 5.04. The molecule has 1 aromatic carbocycles. The maximum absolute atomic E-state index is 11.2. The molecule has 2 heterocycles. The van der Waals surface area contributed by atoms with Crippen molar-refractivity contribution in [1.82, 2.24) is 10.1 Å². The zero-order valence-electron chi connectivity index (χ0n) is 9.94. The zero-order chi connectivity index (χ0) is 13.2. The summed E-state index contributed by atoms with van der Waals surface area (Å²) in [5.74, 6) is -0.0587. The van der Waals surface area contributed by atoms with Gasteiger partial charge in [0, 0.05) is 0 Å². The Labute approximate surface area is 108 Å². The number of aromatic carboxylic acids is 1. The van der Waals surface area contributed by atoms with Crippen LogP contribution in [0.15, 0.2) is 29.1 Å². The van der Waals surface area contributed by atoms with Crippen molar-refractivity contribution in [2.24, 2.45) is 0 Å². The van der Waals surface area contributed by atoms with Crippen molar-refractivity contribution in [2.45, 2.75) is 6.54 Å². The van der Waals surface area contributed by atoms with Gasteiger partial charge in [-0.15, -0.1) is 0 Å². The Morgan fingerprint density at radius 3 is 3.11 bits per heavy atom. The first-order valence-electron chi connectivity index (χ1n) is 5.75. The minimum absolute atomic E-state index is 0.162. The van der Waals surface area contributed by atoms with Crippen LogP contribution in [0.1, 0.15) is 16.2 Å². The van der Waals surface area contributed by atoms with E-state index in [1.807, 2.05) is 11.0 Å². The van der Waals surface area contributed by atoms with Crippen LogP contribution in [0.3, 0.4) is 0 Å². The summed E-state index contributed by atoms with van der Waals surface area (Å²) in [4.78, 5) is 17.1. The molecule has 0 saturated heterocycles. The van der Waals surface area contributed by atoms with E-state index in [1.165, 1.54) is 12.5 Å². The molecule has 7 heteroatoms. The molecule has 0 spiro atoms. The van der Waals surface area contributed by atoms with Gasteiger partial charge in [0.05, 0.1) is 18.8 Å². The molecule has 1 aliphatic heterocycles. The van der Waals surface area contributed by atoms with E-state index in [0.717, 1.165) is 5.69 Å². The standard InChI is InChI=1S/C12H11N3O4/c16-12(17)8-2-1-3-9-11(8)18-5-4-15(9)6-10-13-7-19-14-10/h1-3,7H,4-6H2,(H,16,17). The van der Waals surface area contributed by atoms with Gasteiger partial charge < -0.3 is 19.3 Å². The van der Waals surface area contributed by atoms with E-state index in [1.54, 1.807) is 6.07 Å². The summed E-state index contributed by atoms with van der Waals surface area (Å²) < 4.78 is 10.2. The third kappa shape index (κ3) is 2.10. The molecule has 0 atom stereocenters. The van der Waals surface area contributed by atoms with Gasteiger partial charge >= 0.3 is 5.97 Å². The van der Waals surface area contributed by atoms with Crippen molar-refractivity contribution >= 4 is 11.7 Å². The van der Waals surface area contributed by atoms with Gasteiger partial charge in [0.2, 0.25) is 6.39 Å². The summed E-state index contributed by atoms with van der Waals surface area (Å²) in [7, 11) is 0. The molecule has 0 aliphatic carbocycles. The number of nitrogens with zero attached hydrogens (tertiary/aromatic N) is 3. The molecule has 0 bridgehead atoms. The molecule has 1 aromatic heterocycles. The first-order chi connectivity index (χ1) is 9.25. The van der Waals surface area contributed by atoms with E-state index in [9.17, 15) is 4.79 Å². The maximum atomic E-state index is 11.2. The number of hydrogen-bond acceptors (Lipinski definition) is 6. The molecule has 3 rings (SSSR count). The topological polar surface area (TPSA) is 88.7 Å². The molecule has 7 nitrogen and oxygen atoms in total. The molecule has 0 amide bonds. The van der Waals surface area contributed by atoms with Crippen LogP contribution < -0.4 is 9.64 Å². The lowest BCUT2D eigenvalue weighted by molar-refractivity contribution is 0.0692. The number of benzene rings is 1. The first kappa shape index (κ1) is 11.5. The number of anilines is 1. The Bertz CT molecular complexity index is 597. The highest BCUT2D eigenvalue weighted by Gasteiger charge is 2.24. The Kier molecular flexibility index (Phi) is 2.79. The molecular weight excluding hydrogens is 250 g/mol. The third-order valence-electron chi connectivity index (χ3n) is 2.91. The van der Waals surface area contributed by atoms with Gasteiger partial charge in [-0.25, -0.2) is 4.79 Å². The molecule has 0 fully saturated rings. The zero-order valence-corrected chi connectivity index (χ0v) is 9.94. The number of carboxylic acid groups (broad SMARTS) is 1. The van der Waals surface area contributed by atoms with Crippen LogP contribution in [-0.4, -0.2) is 34.4 Å². The SMILES string of the molecule is O=C(O)c1cccc2c1OCCN2Cc1ncon1. The van der Waals surface area contributed by atoms with Crippen molar-refractivity contribution in [3.8, 4) is 5.75 Å². The lowest BCUT2D eigenvalue weighted by Crippen LogP contribution is -2.33. The van der Waals surface area contributed by atoms with Crippen LogP contribution in [0.2, 0.25) is 0 Å². The lowest BCUT2D eigenvalue weighted by atomic mass is 10.1. The molecular formula is C12H11N3O4. The highest BCUT2D eigenvalue weighted by Crippen LogP contribution is 2.35. The second-order valence-corrected chi connectivity index (χ2v) is 4.08. The van der Waals surface area contributed by atoms with Crippen LogP contribution in [0.4, 0.5) is 5.69 Å². The van der Waals surface area contributed by atoms with Crippen molar-refractivity contribution in [2.75, 3.05) is 18.1 Å². The number of hydrogen-bond donors (Lipinski definition) is 1. The summed E-state index contributed by atoms with van der Waals surface area (Å²) >= 11 is 0. The summed E-state index contributed by atoms with van der Waals surface area (Å²) in [6.45, 7) is 1.52. The van der Waals surface area contributed by atoms with E-state index in [2.05, 4.69) is 10.1 Å². The Balaban J connectivity index is 1.96. The molecule has 1 N–H and O–H groups in total. The largest absolute Gasteiger partial charge is 0.489 e. The smallest absolute Gasteiger partial charge is 0.339 e.